The van der Waals surface area contributed by atoms with E-state index in [9.17, 15) is 9.59 Å². The first-order valence-electron chi connectivity index (χ1n) is 7.77. The molecule has 0 aliphatic rings. The predicted molar refractivity (Wildman–Crippen MR) is 94.7 cm³/mol. The average molecular weight is 346 g/mol. The molecule has 0 saturated carbocycles. The highest BCUT2D eigenvalue weighted by Crippen LogP contribution is 2.17. The predicted octanol–water partition coefficient (Wildman–Crippen LogP) is 3.67. The van der Waals surface area contributed by atoms with Crippen LogP contribution < -0.4 is 10.1 Å². The SMILES string of the molecule is COc1cccc(CCNC(=O)CCC(=O)c2ccccc2Cl)c1. The van der Waals surface area contributed by atoms with E-state index < -0.39 is 0 Å². The minimum atomic E-state index is -0.140. The Morgan fingerprint density at radius 1 is 1.08 bits per heavy atom. The number of methoxy groups -OCH3 is 1. The van der Waals surface area contributed by atoms with Crippen LogP contribution >= 0.6 is 11.6 Å². The molecule has 0 aliphatic heterocycles. The van der Waals surface area contributed by atoms with Crippen LogP contribution in [-0.4, -0.2) is 25.3 Å². The Balaban J connectivity index is 1.73. The normalized spacial score (nSPS) is 10.2. The van der Waals surface area contributed by atoms with Gasteiger partial charge in [-0.05, 0) is 36.2 Å². The molecular formula is C19H20ClNO3. The first-order valence-corrected chi connectivity index (χ1v) is 8.15. The number of ether oxygens (including phenoxy) is 1. The first kappa shape index (κ1) is 18.0. The minimum Gasteiger partial charge on any atom is -0.497 e. The van der Waals surface area contributed by atoms with Crippen LogP contribution in [0.3, 0.4) is 0 Å². The first-order chi connectivity index (χ1) is 11.6. The van der Waals surface area contributed by atoms with Gasteiger partial charge in [-0.1, -0.05) is 35.9 Å². The molecule has 1 amide bonds. The van der Waals surface area contributed by atoms with Gasteiger partial charge in [-0.25, -0.2) is 0 Å². The second-order valence-electron chi connectivity index (χ2n) is 5.35. The molecular weight excluding hydrogens is 326 g/mol. The van der Waals surface area contributed by atoms with Crippen LogP contribution in [0.15, 0.2) is 48.5 Å². The van der Waals surface area contributed by atoms with Crippen LogP contribution in [0.2, 0.25) is 5.02 Å². The Bertz CT molecular complexity index is 715. The molecule has 0 aliphatic carbocycles. The Hall–Kier alpha value is -2.33. The summed E-state index contributed by atoms with van der Waals surface area (Å²) >= 11 is 5.98. The number of benzene rings is 2. The number of rotatable bonds is 8. The fourth-order valence-electron chi connectivity index (χ4n) is 2.31. The van der Waals surface area contributed by atoms with Gasteiger partial charge in [0.2, 0.25) is 5.91 Å². The molecule has 0 spiro atoms. The monoisotopic (exact) mass is 345 g/mol. The zero-order chi connectivity index (χ0) is 17.4. The zero-order valence-electron chi connectivity index (χ0n) is 13.5. The van der Waals surface area contributed by atoms with Crippen molar-refractivity contribution >= 4 is 23.3 Å². The summed E-state index contributed by atoms with van der Waals surface area (Å²) < 4.78 is 5.16. The van der Waals surface area contributed by atoms with Gasteiger partial charge in [-0.3, -0.25) is 9.59 Å². The van der Waals surface area contributed by atoms with Crippen molar-refractivity contribution in [1.29, 1.82) is 0 Å². The van der Waals surface area contributed by atoms with E-state index in [1.165, 1.54) is 0 Å². The maximum absolute atomic E-state index is 12.1. The highest BCUT2D eigenvalue weighted by Gasteiger charge is 2.11. The molecule has 1 N–H and O–H groups in total. The van der Waals surface area contributed by atoms with Crippen LogP contribution in [0.5, 0.6) is 5.75 Å². The van der Waals surface area contributed by atoms with Crippen LogP contribution in [0.1, 0.15) is 28.8 Å². The van der Waals surface area contributed by atoms with Gasteiger partial charge in [-0.2, -0.15) is 0 Å². The maximum Gasteiger partial charge on any atom is 0.220 e. The third-order valence-electron chi connectivity index (χ3n) is 3.62. The topological polar surface area (TPSA) is 55.4 Å². The van der Waals surface area contributed by atoms with Crippen LogP contribution in [0, 0.1) is 0 Å². The number of halogens is 1. The largest absolute Gasteiger partial charge is 0.497 e. The molecule has 0 unspecified atom stereocenters. The van der Waals surface area contributed by atoms with Crippen molar-refractivity contribution in [2.24, 2.45) is 0 Å². The molecule has 24 heavy (non-hydrogen) atoms. The third kappa shape index (κ3) is 5.39. The maximum atomic E-state index is 12.1. The van der Waals surface area contributed by atoms with Gasteiger partial charge in [0.15, 0.2) is 5.78 Å². The highest BCUT2D eigenvalue weighted by molar-refractivity contribution is 6.34. The molecule has 0 heterocycles. The van der Waals surface area contributed by atoms with Crippen molar-refractivity contribution < 1.29 is 14.3 Å². The van der Waals surface area contributed by atoms with E-state index in [4.69, 9.17) is 16.3 Å². The summed E-state index contributed by atoms with van der Waals surface area (Å²) in [5.41, 5.74) is 1.55. The van der Waals surface area contributed by atoms with Crippen molar-refractivity contribution in [3.63, 3.8) is 0 Å². The lowest BCUT2D eigenvalue weighted by Crippen LogP contribution is -2.26. The van der Waals surface area contributed by atoms with E-state index in [0.717, 1.165) is 11.3 Å². The molecule has 0 saturated heterocycles. The number of carbonyl (C=O) groups is 2. The molecule has 0 fully saturated rings. The van der Waals surface area contributed by atoms with Gasteiger partial charge in [0.05, 0.1) is 12.1 Å². The summed E-state index contributed by atoms with van der Waals surface area (Å²) in [5.74, 6) is 0.533. The molecule has 2 rings (SSSR count). The summed E-state index contributed by atoms with van der Waals surface area (Å²) in [7, 11) is 1.62. The molecule has 0 atom stereocenters. The van der Waals surface area contributed by atoms with E-state index in [0.29, 0.717) is 23.6 Å². The van der Waals surface area contributed by atoms with Gasteiger partial charge in [0, 0.05) is 24.9 Å². The lowest BCUT2D eigenvalue weighted by molar-refractivity contribution is -0.121. The van der Waals surface area contributed by atoms with E-state index in [1.807, 2.05) is 24.3 Å². The Kier molecular flexibility index (Phi) is 6.82. The lowest BCUT2D eigenvalue weighted by Gasteiger charge is -2.07. The Labute approximate surface area is 146 Å². The third-order valence-corrected chi connectivity index (χ3v) is 3.95. The molecule has 5 heteroatoms. The second kappa shape index (κ2) is 9.08. The molecule has 0 bridgehead atoms. The van der Waals surface area contributed by atoms with Gasteiger partial charge in [0.25, 0.3) is 0 Å². The molecule has 4 nitrogen and oxygen atoms in total. The number of hydrogen-bond donors (Lipinski definition) is 1. The molecule has 0 aromatic heterocycles. The number of nitrogens with one attached hydrogen (secondary N) is 1. The van der Waals surface area contributed by atoms with Crippen LogP contribution in [0.25, 0.3) is 0 Å². The van der Waals surface area contributed by atoms with Crippen LogP contribution in [-0.2, 0) is 11.2 Å². The van der Waals surface area contributed by atoms with Crippen molar-refractivity contribution in [3.8, 4) is 5.75 Å². The van der Waals surface area contributed by atoms with Crippen molar-refractivity contribution in [1.82, 2.24) is 5.32 Å². The molecule has 126 valence electrons. The minimum absolute atomic E-state index is 0.122. The smallest absolute Gasteiger partial charge is 0.220 e. The lowest BCUT2D eigenvalue weighted by atomic mass is 10.1. The quantitative estimate of drug-likeness (QED) is 0.743. The van der Waals surface area contributed by atoms with Crippen molar-refractivity contribution in [2.45, 2.75) is 19.3 Å². The molecule has 0 radical (unpaired) electrons. The number of amides is 1. The van der Waals surface area contributed by atoms with Gasteiger partial charge in [0.1, 0.15) is 5.75 Å². The molecule has 2 aromatic rings. The van der Waals surface area contributed by atoms with Gasteiger partial charge in [-0.15, -0.1) is 0 Å². The number of hydrogen-bond acceptors (Lipinski definition) is 3. The summed E-state index contributed by atoms with van der Waals surface area (Å²) in [6.07, 6.45) is 1.01. The Morgan fingerprint density at radius 2 is 1.88 bits per heavy atom. The van der Waals surface area contributed by atoms with Crippen molar-refractivity contribution in [3.05, 3.63) is 64.7 Å². The summed E-state index contributed by atoms with van der Waals surface area (Å²) in [4.78, 5) is 23.9. The van der Waals surface area contributed by atoms with Crippen molar-refractivity contribution in [2.75, 3.05) is 13.7 Å². The van der Waals surface area contributed by atoms with Gasteiger partial charge < -0.3 is 10.1 Å². The van der Waals surface area contributed by atoms with E-state index >= 15 is 0 Å². The Morgan fingerprint density at radius 3 is 2.62 bits per heavy atom. The molecule has 2 aromatic carbocycles. The zero-order valence-corrected chi connectivity index (χ0v) is 14.3. The van der Waals surface area contributed by atoms with Crippen LogP contribution in [0.4, 0.5) is 0 Å². The highest BCUT2D eigenvalue weighted by atomic mass is 35.5. The summed E-state index contributed by atoms with van der Waals surface area (Å²) in [6.45, 7) is 0.520. The summed E-state index contributed by atoms with van der Waals surface area (Å²) in [5, 5.41) is 3.24. The standard InChI is InChI=1S/C19H20ClNO3/c1-24-15-6-4-5-14(13-15)11-12-21-19(23)10-9-18(22)16-7-2-3-8-17(16)20/h2-8,13H,9-12H2,1H3,(H,21,23). The van der Waals surface area contributed by atoms with Gasteiger partial charge >= 0.3 is 0 Å². The second-order valence-corrected chi connectivity index (χ2v) is 5.76. The van der Waals surface area contributed by atoms with E-state index in [2.05, 4.69) is 5.32 Å². The fourth-order valence-corrected chi connectivity index (χ4v) is 2.55. The number of ketones is 1. The summed E-state index contributed by atoms with van der Waals surface area (Å²) in [6, 6.07) is 14.6. The number of carbonyl (C=O) groups excluding carboxylic acids is 2. The van der Waals surface area contributed by atoms with E-state index in [-0.39, 0.29) is 24.5 Å². The van der Waals surface area contributed by atoms with E-state index in [1.54, 1.807) is 31.4 Å². The number of Topliss-reactive ketones (excluding diaryl/α,β-unsaturated/α-hetero) is 1. The fraction of sp³-hybridized carbons (Fsp3) is 0.263. The average Bonchev–Trinajstić information content (AvgIpc) is 2.60.